The topological polar surface area (TPSA) is 44.4 Å². The van der Waals surface area contributed by atoms with Crippen LogP contribution in [0, 0.1) is 0 Å². The minimum atomic E-state index is -0.0372. The van der Waals surface area contributed by atoms with E-state index in [9.17, 15) is 4.79 Å². The van der Waals surface area contributed by atoms with Gasteiger partial charge >= 0.3 is 6.03 Å². The van der Waals surface area contributed by atoms with Crippen LogP contribution in [-0.4, -0.2) is 44.7 Å². The van der Waals surface area contributed by atoms with Gasteiger partial charge in [-0.3, -0.25) is 0 Å². The summed E-state index contributed by atoms with van der Waals surface area (Å²) in [5.74, 6) is 0. The van der Waals surface area contributed by atoms with Gasteiger partial charge in [-0.05, 0) is 33.5 Å². The average molecular weight is 215 g/mol. The van der Waals surface area contributed by atoms with Crippen molar-refractivity contribution in [3.8, 4) is 0 Å². The zero-order valence-electron chi connectivity index (χ0n) is 10.3. The molecule has 0 fully saturated rings. The standard InChI is InChI=1S/C11H25N3O/c1-4-5-6-8-12-11(15)13-9-7-10-14(2)3/h4-10H2,1-3H3,(H2,12,13,15). The second kappa shape index (κ2) is 9.77. The second-order valence-electron chi connectivity index (χ2n) is 4.05. The normalized spacial score (nSPS) is 10.4. The number of amides is 2. The number of hydrogen-bond acceptors (Lipinski definition) is 2. The minimum Gasteiger partial charge on any atom is -0.338 e. The lowest BCUT2D eigenvalue weighted by atomic mass is 10.2. The van der Waals surface area contributed by atoms with Crippen molar-refractivity contribution in [1.82, 2.24) is 15.5 Å². The molecule has 0 aliphatic heterocycles. The summed E-state index contributed by atoms with van der Waals surface area (Å²) in [7, 11) is 4.07. The third kappa shape index (κ3) is 11.2. The van der Waals surface area contributed by atoms with Crippen molar-refractivity contribution in [1.29, 1.82) is 0 Å². The number of hydrogen-bond donors (Lipinski definition) is 2. The van der Waals surface area contributed by atoms with Crippen molar-refractivity contribution >= 4 is 6.03 Å². The molecular formula is C11H25N3O. The van der Waals surface area contributed by atoms with E-state index in [0.717, 1.165) is 32.5 Å². The van der Waals surface area contributed by atoms with Crippen LogP contribution in [-0.2, 0) is 0 Å². The lowest BCUT2D eigenvalue weighted by Crippen LogP contribution is -2.37. The lowest BCUT2D eigenvalue weighted by molar-refractivity contribution is 0.240. The van der Waals surface area contributed by atoms with Gasteiger partial charge in [-0.15, -0.1) is 0 Å². The van der Waals surface area contributed by atoms with Gasteiger partial charge in [0, 0.05) is 13.1 Å². The van der Waals surface area contributed by atoms with Crippen LogP contribution < -0.4 is 10.6 Å². The molecule has 0 aliphatic carbocycles. The molecule has 0 rings (SSSR count). The van der Waals surface area contributed by atoms with Crippen LogP contribution in [0.1, 0.15) is 32.6 Å². The maximum Gasteiger partial charge on any atom is 0.314 e. The van der Waals surface area contributed by atoms with E-state index in [1.807, 2.05) is 14.1 Å². The molecule has 4 heteroatoms. The van der Waals surface area contributed by atoms with Crippen LogP contribution in [0.15, 0.2) is 0 Å². The Labute approximate surface area is 93.4 Å². The molecule has 0 heterocycles. The average Bonchev–Trinajstić information content (AvgIpc) is 2.19. The number of unbranched alkanes of at least 4 members (excludes halogenated alkanes) is 2. The fraction of sp³-hybridized carbons (Fsp3) is 0.909. The van der Waals surface area contributed by atoms with E-state index in [-0.39, 0.29) is 6.03 Å². The third-order valence-corrected chi connectivity index (χ3v) is 2.13. The number of nitrogens with one attached hydrogen (secondary N) is 2. The van der Waals surface area contributed by atoms with Gasteiger partial charge < -0.3 is 15.5 Å². The van der Waals surface area contributed by atoms with E-state index in [2.05, 4.69) is 22.5 Å². The summed E-state index contributed by atoms with van der Waals surface area (Å²) in [6.45, 7) is 4.70. The molecule has 0 radical (unpaired) electrons. The van der Waals surface area contributed by atoms with Crippen molar-refractivity contribution in [3.63, 3.8) is 0 Å². The second-order valence-corrected chi connectivity index (χ2v) is 4.05. The maximum absolute atomic E-state index is 11.2. The molecule has 0 unspecified atom stereocenters. The van der Waals surface area contributed by atoms with Crippen molar-refractivity contribution in [2.24, 2.45) is 0 Å². The summed E-state index contributed by atoms with van der Waals surface area (Å²) in [6.07, 6.45) is 4.43. The molecule has 0 aliphatic rings. The Balaban J connectivity index is 3.19. The van der Waals surface area contributed by atoms with E-state index in [4.69, 9.17) is 0 Å². The fourth-order valence-electron chi connectivity index (χ4n) is 1.24. The highest BCUT2D eigenvalue weighted by atomic mass is 16.2. The number of carbonyl (C=O) groups excluding carboxylic acids is 1. The van der Waals surface area contributed by atoms with E-state index in [0.29, 0.717) is 0 Å². The highest BCUT2D eigenvalue weighted by Gasteiger charge is 1.97. The Morgan fingerprint density at radius 3 is 2.20 bits per heavy atom. The first-order valence-electron chi connectivity index (χ1n) is 5.83. The molecule has 0 aromatic carbocycles. The summed E-state index contributed by atoms with van der Waals surface area (Å²) >= 11 is 0. The van der Waals surface area contributed by atoms with Gasteiger partial charge in [0.15, 0.2) is 0 Å². The van der Waals surface area contributed by atoms with Gasteiger partial charge in [0.25, 0.3) is 0 Å². The molecule has 90 valence electrons. The molecule has 2 amide bonds. The molecule has 0 spiro atoms. The monoisotopic (exact) mass is 215 g/mol. The lowest BCUT2D eigenvalue weighted by Gasteiger charge is -2.10. The SMILES string of the molecule is CCCCCNC(=O)NCCCN(C)C. The minimum absolute atomic E-state index is 0.0372. The number of rotatable bonds is 8. The Kier molecular flexibility index (Phi) is 9.27. The highest BCUT2D eigenvalue weighted by Crippen LogP contribution is 1.90. The van der Waals surface area contributed by atoms with Gasteiger partial charge in [-0.25, -0.2) is 4.79 Å². The Hall–Kier alpha value is -0.770. The van der Waals surface area contributed by atoms with Crippen LogP contribution in [0.25, 0.3) is 0 Å². The first kappa shape index (κ1) is 14.2. The summed E-state index contributed by atoms with van der Waals surface area (Å²) in [4.78, 5) is 13.3. The Morgan fingerprint density at radius 2 is 1.67 bits per heavy atom. The fourth-order valence-corrected chi connectivity index (χ4v) is 1.24. The molecule has 0 saturated heterocycles. The molecule has 2 N–H and O–H groups in total. The van der Waals surface area contributed by atoms with Gasteiger partial charge in [-0.2, -0.15) is 0 Å². The zero-order chi connectivity index (χ0) is 11.5. The first-order valence-corrected chi connectivity index (χ1v) is 5.83. The van der Waals surface area contributed by atoms with Crippen LogP contribution >= 0.6 is 0 Å². The zero-order valence-corrected chi connectivity index (χ0v) is 10.3. The summed E-state index contributed by atoms with van der Waals surface area (Å²) in [5, 5.41) is 5.68. The van der Waals surface area contributed by atoms with Gasteiger partial charge in [0.1, 0.15) is 0 Å². The Morgan fingerprint density at radius 1 is 1.07 bits per heavy atom. The summed E-state index contributed by atoms with van der Waals surface area (Å²) in [5.41, 5.74) is 0. The van der Waals surface area contributed by atoms with E-state index >= 15 is 0 Å². The molecule has 0 bridgehead atoms. The van der Waals surface area contributed by atoms with Crippen LogP contribution in [0.5, 0.6) is 0 Å². The molecule has 4 nitrogen and oxygen atoms in total. The van der Waals surface area contributed by atoms with Crippen molar-refractivity contribution in [3.05, 3.63) is 0 Å². The smallest absolute Gasteiger partial charge is 0.314 e. The van der Waals surface area contributed by atoms with Crippen molar-refractivity contribution < 1.29 is 4.79 Å². The predicted octanol–water partition coefficient (Wildman–Crippen LogP) is 1.43. The molecule has 0 aromatic rings. The molecule has 0 atom stereocenters. The largest absolute Gasteiger partial charge is 0.338 e. The van der Waals surface area contributed by atoms with Gasteiger partial charge in [-0.1, -0.05) is 19.8 Å². The summed E-state index contributed by atoms with van der Waals surface area (Å²) in [6, 6.07) is -0.0372. The molecular weight excluding hydrogens is 190 g/mol. The molecule has 0 aromatic heterocycles. The van der Waals surface area contributed by atoms with Crippen LogP contribution in [0.2, 0.25) is 0 Å². The van der Waals surface area contributed by atoms with Crippen LogP contribution in [0.4, 0.5) is 4.79 Å². The Bertz CT molecular complexity index is 160. The summed E-state index contributed by atoms with van der Waals surface area (Å²) < 4.78 is 0. The van der Waals surface area contributed by atoms with E-state index in [1.165, 1.54) is 12.8 Å². The van der Waals surface area contributed by atoms with Crippen molar-refractivity contribution in [2.45, 2.75) is 32.6 Å². The van der Waals surface area contributed by atoms with Gasteiger partial charge in [0.05, 0.1) is 0 Å². The van der Waals surface area contributed by atoms with Crippen molar-refractivity contribution in [2.75, 3.05) is 33.7 Å². The quantitative estimate of drug-likeness (QED) is 0.602. The van der Waals surface area contributed by atoms with Crippen LogP contribution in [0.3, 0.4) is 0 Å². The number of carbonyl (C=O) groups is 1. The van der Waals surface area contributed by atoms with E-state index in [1.54, 1.807) is 0 Å². The number of urea groups is 1. The maximum atomic E-state index is 11.2. The highest BCUT2D eigenvalue weighted by molar-refractivity contribution is 5.73. The predicted molar refractivity (Wildman–Crippen MR) is 64.1 cm³/mol. The van der Waals surface area contributed by atoms with Gasteiger partial charge in [0.2, 0.25) is 0 Å². The molecule has 0 saturated carbocycles. The molecule has 15 heavy (non-hydrogen) atoms. The van der Waals surface area contributed by atoms with E-state index < -0.39 is 0 Å². The third-order valence-electron chi connectivity index (χ3n) is 2.13. The number of nitrogens with zero attached hydrogens (tertiary/aromatic N) is 1. The first-order chi connectivity index (χ1) is 7.16.